The summed E-state index contributed by atoms with van der Waals surface area (Å²) in [5, 5.41) is 6.82. The molecule has 6 nitrogen and oxygen atoms in total. The monoisotopic (exact) mass is 524 g/mol. The number of rotatable bonds is 11. The van der Waals surface area contributed by atoms with E-state index in [2.05, 4.69) is 34.4 Å². The Bertz CT molecular complexity index is 423. The van der Waals surface area contributed by atoms with Crippen molar-refractivity contribution in [1.82, 2.24) is 15.5 Å². The summed E-state index contributed by atoms with van der Waals surface area (Å²) in [6.07, 6.45) is 7.13. The average molecular weight is 525 g/mol. The SMILES string of the molecule is CN=C(NCCCCN1CC(C)CC(C)C1)NCCCOCC1CCOCC1.I. The first-order valence-electron chi connectivity index (χ1n) is 11.5. The van der Waals surface area contributed by atoms with E-state index in [-0.39, 0.29) is 24.0 Å². The quantitative estimate of drug-likeness (QED) is 0.188. The van der Waals surface area contributed by atoms with Crippen molar-refractivity contribution >= 4 is 29.9 Å². The van der Waals surface area contributed by atoms with Crippen LogP contribution >= 0.6 is 24.0 Å². The average Bonchev–Trinajstić information content (AvgIpc) is 2.68. The van der Waals surface area contributed by atoms with Gasteiger partial charge in [0.15, 0.2) is 5.96 Å². The molecule has 0 aromatic carbocycles. The first kappa shape index (κ1) is 26.9. The van der Waals surface area contributed by atoms with Crippen molar-refractivity contribution in [2.75, 3.05) is 66.2 Å². The molecule has 0 radical (unpaired) electrons. The van der Waals surface area contributed by atoms with Crippen LogP contribution < -0.4 is 10.6 Å². The topological polar surface area (TPSA) is 58.1 Å². The van der Waals surface area contributed by atoms with Crippen LogP contribution in [-0.4, -0.2) is 77.1 Å². The molecule has 7 heteroatoms. The van der Waals surface area contributed by atoms with Crippen LogP contribution in [-0.2, 0) is 9.47 Å². The lowest BCUT2D eigenvalue weighted by Crippen LogP contribution is -2.40. The van der Waals surface area contributed by atoms with E-state index in [0.29, 0.717) is 5.92 Å². The number of piperidine rings is 1. The van der Waals surface area contributed by atoms with Gasteiger partial charge in [0.1, 0.15) is 0 Å². The largest absolute Gasteiger partial charge is 0.381 e. The first-order valence-corrected chi connectivity index (χ1v) is 11.5. The lowest BCUT2D eigenvalue weighted by molar-refractivity contribution is 0.0203. The summed E-state index contributed by atoms with van der Waals surface area (Å²) in [5.41, 5.74) is 0. The van der Waals surface area contributed by atoms with Crippen LogP contribution in [0.15, 0.2) is 4.99 Å². The summed E-state index contributed by atoms with van der Waals surface area (Å²) >= 11 is 0. The second kappa shape index (κ2) is 16.6. The summed E-state index contributed by atoms with van der Waals surface area (Å²) in [4.78, 5) is 6.96. The second-order valence-corrected chi connectivity index (χ2v) is 8.82. The zero-order valence-electron chi connectivity index (χ0n) is 19.0. The smallest absolute Gasteiger partial charge is 0.190 e. The molecule has 2 aliphatic heterocycles. The van der Waals surface area contributed by atoms with E-state index >= 15 is 0 Å². The van der Waals surface area contributed by atoms with Gasteiger partial charge in [-0.2, -0.15) is 0 Å². The number of aliphatic imine (C=N–C) groups is 1. The third-order valence-corrected chi connectivity index (χ3v) is 5.81. The van der Waals surface area contributed by atoms with Crippen molar-refractivity contribution in [2.24, 2.45) is 22.7 Å². The van der Waals surface area contributed by atoms with E-state index in [1.807, 2.05) is 7.05 Å². The highest BCUT2D eigenvalue weighted by Gasteiger charge is 2.20. The van der Waals surface area contributed by atoms with Crippen LogP contribution in [0.1, 0.15) is 52.4 Å². The molecule has 0 aliphatic carbocycles. The zero-order valence-corrected chi connectivity index (χ0v) is 21.3. The molecule has 0 bridgehead atoms. The van der Waals surface area contributed by atoms with Gasteiger partial charge < -0.3 is 25.0 Å². The Morgan fingerprint density at radius 2 is 1.69 bits per heavy atom. The summed E-state index contributed by atoms with van der Waals surface area (Å²) in [5.74, 6) is 3.30. The minimum Gasteiger partial charge on any atom is -0.381 e. The lowest BCUT2D eigenvalue weighted by Gasteiger charge is -2.34. The van der Waals surface area contributed by atoms with E-state index in [4.69, 9.17) is 9.47 Å². The summed E-state index contributed by atoms with van der Waals surface area (Å²) < 4.78 is 11.2. The van der Waals surface area contributed by atoms with Gasteiger partial charge in [-0.05, 0) is 62.8 Å². The van der Waals surface area contributed by atoms with Crippen LogP contribution in [0.25, 0.3) is 0 Å². The molecule has 0 spiro atoms. The highest BCUT2D eigenvalue weighted by Crippen LogP contribution is 2.21. The fraction of sp³-hybridized carbons (Fsp3) is 0.955. The van der Waals surface area contributed by atoms with Crippen LogP contribution in [0.5, 0.6) is 0 Å². The van der Waals surface area contributed by atoms with Gasteiger partial charge in [-0.1, -0.05) is 13.8 Å². The van der Waals surface area contributed by atoms with Crippen molar-refractivity contribution in [3.8, 4) is 0 Å². The molecule has 2 heterocycles. The molecule has 0 saturated carbocycles. The maximum absolute atomic E-state index is 5.81. The van der Waals surface area contributed by atoms with Crippen LogP contribution in [0.2, 0.25) is 0 Å². The molecule has 2 atom stereocenters. The van der Waals surface area contributed by atoms with Gasteiger partial charge in [0.05, 0.1) is 0 Å². The minimum atomic E-state index is 0. The number of unbranched alkanes of at least 4 members (excludes halogenated alkanes) is 1. The molecule has 0 aromatic heterocycles. The van der Waals surface area contributed by atoms with Gasteiger partial charge in [0.2, 0.25) is 0 Å². The predicted octanol–water partition coefficient (Wildman–Crippen LogP) is 3.36. The van der Waals surface area contributed by atoms with Crippen molar-refractivity contribution in [1.29, 1.82) is 0 Å². The molecular weight excluding hydrogens is 479 g/mol. The molecule has 2 saturated heterocycles. The van der Waals surface area contributed by atoms with Gasteiger partial charge in [0, 0.05) is 59.7 Å². The van der Waals surface area contributed by atoms with Crippen molar-refractivity contribution in [3.63, 3.8) is 0 Å². The fourth-order valence-electron chi connectivity index (χ4n) is 4.41. The number of nitrogens with one attached hydrogen (secondary N) is 2. The van der Waals surface area contributed by atoms with E-state index in [1.54, 1.807) is 0 Å². The number of nitrogens with zero attached hydrogens (tertiary/aromatic N) is 2. The Kier molecular flexibility index (Phi) is 15.4. The molecule has 172 valence electrons. The Hall–Kier alpha value is -0.120. The number of halogens is 1. The van der Waals surface area contributed by atoms with Gasteiger partial charge in [-0.3, -0.25) is 4.99 Å². The Morgan fingerprint density at radius 1 is 1.03 bits per heavy atom. The maximum atomic E-state index is 5.81. The Morgan fingerprint density at radius 3 is 2.34 bits per heavy atom. The second-order valence-electron chi connectivity index (χ2n) is 8.82. The van der Waals surface area contributed by atoms with Crippen LogP contribution in [0.4, 0.5) is 0 Å². The number of ether oxygens (including phenoxy) is 2. The van der Waals surface area contributed by atoms with Crippen molar-refractivity contribution < 1.29 is 9.47 Å². The maximum Gasteiger partial charge on any atom is 0.190 e. The van der Waals surface area contributed by atoms with Gasteiger partial charge >= 0.3 is 0 Å². The molecule has 2 N–H and O–H groups in total. The van der Waals surface area contributed by atoms with Gasteiger partial charge in [-0.25, -0.2) is 0 Å². The first-order chi connectivity index (χ1) is 13.7. The molecule has 2 fully saturated rings. The van der Waals surface area contributed by atoms with E-state index < -0.39 is 0 Å². The lowest BCUT2D eigenvalue weighted by atomic mass is 9.92. The third kappa shape index (κ3) is 12.4. The number of guanidine groups is 1. The molecule has 0 amide bonds. The molecule has 2 rings (SSSR count). The number of likely N-dealkylation sites (tertiary alicyclic amines) is 1. The minimum absolute atomic E-state index is 0. The van der Waals surface area contributed by atoms with Crippen molar-refractivity contribution in [3.05, 3.63) is 0 Å². The molecule has 0 aromatic rings. The molecule has 29 heavy (non-hydrogen) atoms. The molecule has 2 unspecified atom stereocenters. The Labute approximate surface area is 196 Å². The van der Waals surface area contributed by atoms with Crippen LogP contribution in [0, 0.1) is 17.8 Å². The third-order valence-electron chi connectivity index (χ3n) is 5.81. The highest BCUT2D eigenvalue weighted by molar-refractivity contribution is 14.0. The summed E-state index contributed by atoms with van der Waals surface area (Å²) in [7, 11) is 1.84. The summed E-state index contributed by atoms with van der Waals surface area (Å²) in [6.45, 7) is 13.9. The predicted molar refractivity (Wildman–Crippen MR) is 132 cm³/mol. The van der Waals surface area contributed by atoms with Crippen LogP contribution in [0.3, 0.4) is 0 Å². The summed E-state index contributed by atoms with van der Waals surface area (Å²) in [6, 6.07) is 0. The van der Waals surface area contributed by atoms with E-state index in [0.717, 1.165) is 76.6 Å². The van der Waals surface area contributed by atoms with Gasteiger partial charge in [-0.15, -0.1) is 24.0 Å². The zero-order chi connectivity index (χ0) is 20.0. The number of hydrogen-bond acceptors (Lipinski definition) is 4. The molecular formula is C22H45IN4O2. The highest BCUT2D eigenvalue weighted by atomic mass is 127. The van der Waals surface area contributed by atoms with Gasteiger partial charge in [0.25, 0.3) is 0 Å². The van der Waals surface area contributed by atoms with E-state index in [1.165, 1.54) is 38.9 Å². The normalized spacial score (nSPS) is 24.2. The van der Waals surface area contributed by atoms with Crippen molar-refractivity contribution in [2.45, 2.75) is 52.4 Å². The Balaban J connectivity index is 0.00000420. The fourth-order valence-corrected chi connectivity index (χ4v) is 4.41. The number of hydrogen-bond donors (Lipinski definition) is 2. The standard InChI is InChI=1S/C22H44N4O2.HI/c1-19-15-20(2)17-26(16-19)11-5-4-9-24-22(23-3)25-10-6-12-28-18-21-7-13-27-14-8-21;/h19-21H,4-18H2,1-3H3,(H2,23,24,25);1H. The van der Waals surface area contributed by atoms with E-state index in [9.17, 15) is 0 Å². The molecule has 2 aliphatic rings.